The smallest absolute Gasteiger partial charge is 0.244 e. The van der Waals surface area contributed by atoms with Crippen molar-refractivity contribution < 1.29 is 22.8 Å². The average Bonchev–Trinajstić information content (AvgIpc) is 2.94. The van der Waals surface area contributed by atoms with E-state index in [2.05, 4.69) is 5.32 Å². The first-order chi connectivity index (χ1) is 19.5. The van der Waals surface area contributed by atoms with E-state index in [1.54, 1.807) is 36.4 Å². The number of hydrogen-bond donors (Lipinski definition) is 1. The van der Waals surface area contributed by atoms with Gasteiger partial charge in [-0.1, -0.05) is 85.6 Å². The summed E-state index contributed by atoms with van der Waals surface area (Å²) in [6, 6.07) is 21.5. The third kappa shape index (κ3) is 9.16. The fourth-order valence-corrected chi connectivity index (χ4v) is 5.40. The molecule has 0 fully saturated rings. The number of rotatable bonds is 14. The van der Waals surface area contributed by atoms with Gasteiger partial charge in [-0.25, -0.2) is 8.42 Å². The van der Waals surface area contributed by atoms with Crippen LogP contribution in [0.5, 0.6) is 0 Å². The predicted molar refractivity (Wildman–Crippen MR) is 162 cm³/mol. The van der Waals surface area contributed by atoms with E-state index in [0.717, 1.165) is 29.0 Å². The molecule has 1 atom stereocenters. The monoisotopic (exact) mass is 597 g/mol. The largest absolute Gasteiger partial charge is 0.354 e. The highest BCUT2D eigenvalue weighted by Crippen LogP contribution is 2.23. The summed E-state index contributed by atoms with van der Waals surface area (Å²) in [5.41, 5.74) is 1.95. The Labute approximate surface area is 247 Å². The highest BCUT2D eigenvalue weighted by atomic mass is 35.5. The molecule has 0 aliphatic rings. The van der Waals surface area contributed by atoms with E-state index in [1.165, 1.54) is 24.0 Å². The van der Waals surface area contributed by atoms with Crippen molar-refractivity contribution in [2.75, 3.05) is 23.7 Å². The molecular weight excluding hydrogens is 562 g/mol. The number of hydrogen-bond acceptors (Lipinski definition) is 5. The molecule has 0 saturated heterocycles. The first-order valence-electron chi connectivity index (χ1n) is 13.4. The Kier molecular flexibility index (Phi) is 11.5. The SMILES string of the molecule is CCCCNC(=O)C(Cc1ccccc1)N(Cc1ccccc1Cl)C(=O)CN(c1cccc(C(C)=O)c1)S(C)(=O)=O. The van der Waals surface area contributed by atoms with Crippen molar-refractivity contribution in [2.45, 2.75) is 45.7 Å². The molecular formula is C31H36ClN3O5S. The molecule has 41 heavy (non-hydrogen) atoms. The van der Waals surface area contributed by atoms with Crippen LogP contribution in [0.1, 0.15) is 48.2 Å². The Morgan fingerprint density at radius 1 is 0.951 bits per heavy atom. The standard InChI is InChI=1S/C31H36ClN3O5S/c1-4-5-18-33-31(38)29(19-24-12-7-6-8-13-24)34(21-26-14-9-10-17-28(26)32)30(37)22-35(41(3,39)40)27-16-11-15-25(20-27)23(2)36/h6-17,20,29H,4-5,18-19,21-22H2,1-3H3,(H,33,38). The molecule has 218 valence electrons. The fraction of sp³-hybridized carbons (Fsp3) is 0.323. The average molecular weight is 598 g/mol. The number of nitrogens with one attached hydrogen (secondary N) is 1. The summed E-state index contributed by atoms with van der Waals surface area (Å²) in [5.74, 6) is -1.17. The van der Waals surface area contributed by atoms with Gasteiger partial charge >= 0.3 is 0 Å². The number of carbonyl (C=O) groups excluding carboxylic acids is 3. The molecule has 0 spiro atoms. The summed E-state index contributed by atoms with van der Waals surface area (Å²) in [7, 11) is -3.94. The van der Waals surface area contributed by atoms with Crippen molar-refractivity contribution in [3.8, 4) is 0 Å². The lowest BCUT2D eigenvalue weighted by molar-refractivity contribution is -0.140. The van der Waals surface area contributed by atoms with Gasteiger partial charge < -0.3 is 10.2 Å². The summed E-state index contributed by atoms with van der Waals surface area (Å²) >= 11 is 6.46. The van der Waals surface area contributed by atoms with Crippen LogP contribution < -0.4 is 9.62 Å². The van der Waals surface area contributed by atoms with Gasteiger partial charge in [-0.2, -0.15) is 0 Å². The first kappa shape index (κ1) is 31.8. The third-order valence-corrected chi connectivity index (χ3v) is 8.13. The van der Waals surface area contributed by atoms with Crippen molar-refractivity contribution >= 4 is 44.9 Å². The minimum Gasteiger partial charge on any atom is -0.354 e. The summed E-state index contributed by atoms with van der Waals surface area (Å²) in [5, 5.41) is 3.36. The maximum atomic E-state index is 14.1. The van der Waals surface area contributed by atoms with Crippen molar-refractivity contribution in [2.24, 2.45) is 0 Å². The third-order valence-electron chi connectivity index (χ3n) is 6.62. The van der Waals surface area contributed by atoms with Crippen molar-refractivity contribution in [1.82, 2.24) is 10.2 Å². The molecule has 2 amide bonds. The quantitative estimate of drug-likeness (QED) is 0.211. The maximum Gasteiger partial charge on any atom is 0.244 e. The normalized spacial score (nSPS) is 11.9. The molecule has 0 aliphatic heterocycles. The zero-order valence-electron chi connectivity index (χ0n) is 23.5. The zero-order valence-corrected chi connectivity index (χ0v) is 25.1. The minimum absolute atomic E-state index is 0.0116. The van der Waals surface area contributed by atoms with Crippen molar-refractivity contribution in [1.29, 1.82) is 0 Å². The van der Waals surface area contributed by atoms with Gasteiger partial charge in [-0.15, -0.1) is 0 Å². The first-order valence-corrected chi connectivity index (χ1v) is 15.7. The molecule has 0 aromatic heterocycles. The van der Waals surface area contributed by atoms with Gasteiger partial charge in [0.2, 0.25) is 21.8 Å². The maximum absolute atomic E-state index is 14.1. The van der Waals surface area contributed by atoms with Crippen LogP contribution >= 0.6 is 11.6 Å². The molecule has 0 aliphatic carbocycles. The molecule has 1 N–H and O–H groups in total. The second kappa shape index (κ2) is 14.8. The van der Waals surface area contributed by atoms with Crippen LogP contribution in [0.4, 0.5) is 5.69 Å². The number of sulfonamides is 1. The summed E-state index contributed by atoms with van der Waals surface area (Å²) < 4.78 is 26.8. The second-order valence-corrected chi connectivity index (χ2v) is 12.2. The number of amides is 2. The van der Waals surface area contributed by atoms with Gasteiger partial charge in [0.15, 0.2) is 5.78 Å². The number of carbonyl (C=O) groups is 3. The Morgan fingerprint density at radius 2 is 1.63 bits per heavy atom. The molecule has 0 radical (unpaired) electrons. The Morgan fingerprint density at radius 3 is 2.27 bits per heavy atom. The van der Waals surface area contributed by atoms with Crippen LogP contribution in [-0.2, 0) is 32.6 Å². The van der Waals surface area contributed by atoms with Gasteiger partial charge in [0.05, 0.1) is 11.9 Å². The molecule has 3 aromatic carbocycles. The Balaban J connectivity index is 2.06. The van der Waals surface area contributed by atoms with Gasteiger partial charge in [-0.3, -0.25) is 18.7 Å². The lowest BCUT2D eigenvalue weighted by atomic mass is 10.0. The molecule has 0 heterocycles. The van der Waals surface area contributed by atoms with Gasteiger partial charge in [-0.05, 0) is 42.7 Å². The molecule has 0 bridgehead atoms. The van der Waals surface area contributed by atoms with Crippen LogP contribution in [0.15, 0.2) is 78.9 Å². The van der Waals surface area contributed by atoms with Crippen LogP contribution in [-0.4, -0.2) is 56.3 Å². The second-order valence-electron chi connectivity index (χ2n) is 9.84. The molecule has 10 heteroatoms. The van der Waals surface area contributed by atoms with Gasteiger partial charge in [0, 0.05) is 30.1 Å². The molecule has 0 saturated carbocycles. The fourth-order valence-electron chi connectivity index (χ4n) is 4.36. The predicted octanol–water partition coefficient (Wildman–Crippen LogP) is 4.87. The molecule has 1 unspecified atom stereocenters. The molecule has 8 nitrogen and oxygen atoms in total. The number of nitrogens with zero attached hydrogens (tertiary/aromatic N) is 2. The number of ketones is 1. The summed E-state index contributed by atoms with van der Waals surface area (Å²) in [6.45, 7) is 3.26. The van der Waals surface area contributed by atoms with Crippen molar-refractivity contribution in [3.05, 3.63) is 101 Å². The van der Waals surface area contributed by atoms with E-state index in [-0.39, 0.29) is 30.3 Å². The number of benzene rings is 3. The van der Waals surface area contributed by atoms with Crippen molar-refractivity contribution in [3.63, 3.8) is 0 Å². The topological polar surface area (TPSA) is 104 Å². The highest BCUT2D eigenvalue weighted by molar-refractivity contribution is 7.92. The number of halogens is 1. The van der Waals surface area contributed by atoms with E-state index >= 15 is 0 Å². The van der Waals surface area contributed by atoms with E-state index in [0.29, 0.717) is 22.7 Å². The van der Waals surface area contributed by atoms with E-state index in [1.807, 2.05) is 37.3 Å². The van der Waals surface area contributed by atoms with Crippen LogP contribution in [0, 0.1) is 0 Å². The van der Waals surface area contributed by atoms with Crippen LogP contribution in [0.2, 0.25) is 5.02 Å². The van der Waals surface area contributed by atoms with E-state index in [4.69, 9.17) is 11.6 Å². The van der Waals surface area contributed by atoms with E-state index in [9.17, 15) is 22.8 Å². The lowest BCUT2D eigenvalue weighted by Crippen LogP contribution is -2.53. The number of Topliss-reactive ketones (excluding diaryl/α,β-unsaturated/α-hetero) is 1. The zero-order chi connectivity index (χ0) is 30.0. The number of anilines is 1. The Hall–Kier alpha value is -3.69. The summed E-state index contributed by atoms with van der Waals surface area (Å²) in [4.78, 5) is 41.1. The summed E-state index contributed by atoms with van der Waals surface area (Å²) in [6.07, 6.45) is 2.87. The van der Waals surface area contributed by atoms with E-state index < -0.39 is 28.5 Å². The number of unbranched alkanes of at least 4 members (excludes halogenated alkanes) is 1. The molecule has 3 rings (SSSR count). The van der Waals surface area contributed by atoms with Crippen LogP contribution in [0.25, 0.3) is 0 Å². The highest BCUT2D eigenvalue weighted by Gasteiger charge is 2.33. The Bertz CT molecular complexity index is 1460. The lowest BCUT2D eigenvalue weighted by Gasteiger charge is -2.33. The van der Waals surface area contributed by atoms with Gasteiger partial charge in [0.1, 0.15) is 12.6 Å². The van der Waals surface area contributed by atoms with Crippen LogP contribution in [0.3, 0.4) is 0 Å². The molecule has 3 aromatic rings. The van der Waals surface area contributed by atoms with Gasteiger partial charge in [0.25, 0.3) is 0 Å². The minimum atomic E-state index is -3.94.